The Bertz CT molecular complexity index is 435. The summed E-state index contributed by atoms with van der Waals surface area (Å²) in [6.45, 7) is 2.55. The summed E-state index contributed by atoms with van der Waals surface area (Å²) in [6, 6.07) is 6.15. The molecule has 4 nitrogen and oxygen atoms in total. The predicted molar refractivity (Wildman–Crippen MR) is 71.0 cm³/mol. The van der Waals surface area contributed by atoms with E-state index < -0.39 is 0 Å². The maximum Gasteiger partial charge on any atom is 0.239 e. The molecule has 0 aliphatic heterocycles. The van der Waals surface area contributed by atoms with Crippen molar-refractivity contribution in [3.05, 3.63) is 35.6 Å². The Morgan fingerprint density at radius 1 is 1.21 bits per heavy atom. The van der Waals surface area contributed by atoms with E-state index in [9.17, 15) is 14.0 Å². The summed E-state index contributed by atoms with van der Waals surface area (Å²) < 4.78 is 12.9. The van der Waals surface area contributed by atoms with E-state index in [0.29, 0.717) is 13.0 Å². The van der Waals surface area contributed by atoms with Gasteiger partial charge in [0.15, 0.2) is 0 Å². The van der Waals surface area contributed by atoms with Crippen LogP contribution in [0.15, 0.2) is 24.3 Å². The molecular formula is C14H19FN2O2. The van der Waals surface area contributed by atoms with Gasteiger partial charge in [0.2, 0.25) is 11.8 Å². The van der Waals surface area contributed by atoms with Gasteiger partial charge in [0, 0.05) is 13.0 Å². The average Bonchev–Trinajstić information content (AvgIpc) is 2.40. The third kappa shape index (κ3) is 6.55. The quantitative estimate of drug-likeness (QED) is 0.783. The number of hydrogen-bond acceptors (Lipinski definition) is 2. The number of carbonyl (C=O) groups is 2. The Labute approximate surface area is 112 Å². The highest BCUT2D eigenvalue weighted by molar-refractivity contribution is 5.84. The Morgan fingerprint density at radius 2 is 2.00 bits per heavy atom. The molecule has 1 rings (SSSR count). The number of hydrogen-bond donors (Lipinski definition) is 2. The summed E-state index contributed by atoms with van der Waals surface area (Å²) >= 11 is 0. The maximum atomic E-state index is 12.9. The van der Waals surface area contributed by atoms with E-state index in [-0.39, 0.29) is 30.6 Å². The second-order valence-corrected chi connectivity index (χ2v) is 4.26. The monoisotopic (exact) mass is 266 g/mol. The van der Waals surface area contributed by atoms with Gasteiger partial charge in [0.1, 0.15) is 5.82 Å². The van der Waals surface area contributed by atoms with Gasteiger partial charge in [-0.3, -0.25) is 9.59 Å². The number of aryl methyl sites for hydroxylation is 1. The van der Waals surface area contributed by atoms with Gasteiger partial charge in [-0.15, -0.1) is 0 Å². The molecule has 1 aromatic carbocycles. The summed E-state index contributed by atoms with van der Waals surface area (Å²) in [4.78, 5) is 22.7. The molecule has 0 bridgehead atoms. The van der Waals surface area contributed by atoms with Gasteiger partial charge >= 0.3 is 0 Å². The summed E-state index contributed by atoms with van der Waals surface area (Å²) in [5, 5.41) is 5.20. The van der Waals surface area contributed by atoms with Crippen LogP contribution in [0.25, 0.3) is 0 Å². The van der Waals surface area contributed by atoms with Crippen LogP contribution in [-0.4, -0.2) is 24.9 Å². The molecule has 0 spiro atoms. The molecule has 0 fully saturated rings. The Balaban J connectivity index is 2.23. The van der Waals surface area contributed by atoms with Crippen molar-refractivity contribution in [1.82, 2.24) is 10.6 Å². The van der Waals surface area contributed by atoms with E-state index in [0.717, 1.165) is 12.0 Å². The lowest BCUT2D eigenvalue weighted by atomic mass is 10.1. The van der Waals surface area contributed by atoms with E-state index in [2.05, 4.69) is 10.6 Å². The molecule has 0 unspecified atom stereocenters. The molecule has 0 saturated carbocycles. The molecule has 0 atom stereocenters. The van der Waals surface area contributed by atoms with E-state index in [1.807, 2.05) is 6.92 Å². The molecule has 19 heavy (non-hydrogen) atoms. The lowest BCUT2D eigenvalue weighted by Gasteiger charge is -2.06. The van der Waals surface area contributed by atoms with Crippen LogP contribution in [0.3, 0.4) is 0 Å². The zero-order valence-electron chi connectivity index (χ0n) is 11.0. The van der Waals surface area contributed by atoms with Crippen molar-refractivity contribution in [2.45, 2.75) is 26.2 Å². The van der Waals surface area contributed by atoms with E-state index in [1.54, 1.807) is 12.1 Å². The lowest BCUT2D eigenvalue weighted by Crippen LogP contribution is -2.37. The molecule has 1 aromatic rings. The van der Waals surface area contributed by atoms with Gasteiger partial charge in [-0.1, -0.05) is 19.1 Å². The second-order valence-electron chi connectivity index (χ2n) is 4.26. The fourth-order valence-electron chi connectivity index (χ4n) is 1.54. The van der Waals surface area contributed by atoms with Crippen molar-refractivity contribution < 1.29 is 14.0 Å². The van der Waals surface area contributed by atoms with Crippen molar-refractivity contribution in [2.24, 2.45) is 0 Å². The minimum absolute atomic E-state index is 0.0119. The standard InChI is InChI=1S/C14H19FN2O2/c1-2-8-16-14(19)10-17-13(18)7-6-11-4-3-5-12(15)9-11/h3-5,9H,2,6-8,10H2,1H3,(H,16,19)(H,17,18). The van der Waals surface area contributed by atoms with E-state index in [4.69, 9.17) is 0 Å². The van der Waals surface area contributed by atoms with Gasteiger partial charge in [0.25, 0.3) is 0 Å². The van der Waals surface area contributed by atoms with Gasteiger partial charge in [-0.05, 0) is 30.5 Å². The largest absolute Gasteiger partial charge is 0.355 e. The molecule has 104 valence electrons. The van der Waals surface area contributed by atoms with Crippen LogP contribution in [0.4, 0.5) is 4.39 Å². The fourth-order valence-corrected chi connectivity index (χ4v) is 1.54. The highest BCUT2D eigenvalue weighted by atomic mass is 19.1. The highest BCUT2D eigenvalue weighted by Gasteiger charge is 2.05. The number of halogens is 1. The molecule has 0 aromatic heterocycles. The van der Waals surface area contributed by atoms with Crippen molar-refractivity contribution in [3.63, 3.8) is 0 Å². The maximum absolute atomic E-state index is 12.9. The number of amides is 2. The molecule has 0 aliphatic rings. The number of carbonyl (C=O) groups excluding carboxylic acids is 2. The van der Waals surface area contributed by atoms with Crippen molar-refractivity contribution in [1.29, 1.82) is 0 Å². The van der Waals surface area contributed by atoms with Crippen molar-refractivity contribution in [2.75, 3.05) is 13.1 Å². The van der Waals surface area contributed by atoms with Gasteiger partial charge in [-0.25, -0.2) is 4.39 Å². The van der Waals surface area contributed by atoms with Crippen LogP contribution < -0.4 is 10.6 Å². The zero-order valence-corrected chi connectivity index (χ0v) is 11.0. The third-order valence-corrected chi connectivity index (χ3v) is 2.55. The first kappa shape index (κ1) is 15.1. The van der Waals surface area contributed by atoms with Crippen LogP contribution in [0.5, 0.6) is 0 Å². The molecule has 0 aliphatic carbocycles. The van der Waals surface area contributed by atoms with Crippen LogP contribution in [0.1, 0.15) is 25.3 Å². The topological polar surface area (TPSA) is 58.2 Å². The Kier molecular flexibility index (Phi) is 6.57. The molecule has 0 heterocycles. The molecule has 2 amide bonds. The summed E-state index contributed by atoms with van der Waals surface area (Å²) in [7, 11) is 0. The molecular weight excluding hydrogens is 247 g/mol. The zero-order chi connectivity index (χ0) is 14.1. The first-order chi connectivity index (χ1) is 9.11. The normalized spacial score (nSPS) is 10.0. The smallest absolute Gasteiger partial charge is 0.239 e. The van der Waals surface area contributed by atoms with E-state index >= 15 is 0 Å². The Morgan fingerprint density at radius 3 is 2.68 bits per heavy atom. The average molecular weight is 266 g/mol. The fraction of sp³-hybridized carbons (Fsp3) is 0.429. The SMILES string of the molecule is CCCNC(=O)CNC(=O)CCc1cccc(F)c1. The van der Waals surface area contributed by atoms with Crippen molar-refractivity contribution >= 4 is 11.8 Å². The van der Waals surface area contributed by atoms with Gasteiger partial charge < -0.3 is 10.6 Å². The molecule has 0 radical (unpaired) electrons. The van der Waals surface area contributed by atoms with E-state index in [1.165, 1.54) is 12.1 Å². The Hall–Kier alpha value is -1.91. The number of nitrogens with one attached hydrogen (secondary N) is 2. The second kappa shape index (κ2) is 8.24. The van der Waals surface area contributed by atoms with Crippen LogP contribution in [0.2, 0.25) is 0 Å². The number of rotatable bonds is 7. The molecule has 0 saturated heterocycles. The van der Waals surface area contributed by atoms with Crippen molar-refractivity contribution in [3.8, 4) is 0 Å². The van der Waals surface area contributed by atoms with Crippen LogP contribution >= 0.6 is 0 Å². The minimum Gasteiger partial charge on any atom is -0.355 e. The molecule has 2 N–H and O–H groups in total. The predicted octanol–water partition coefficient (Wildman–Crippen LogP) is 1.40. The summed E-state index contributed by atoms with van der Waals surface area (Å²) in [5.74, 6) is -0.714. The highest BCUT2D eigenvalue weighted by Crippen LogP contribution is 2.05. The third-order valence-electron chi connectivity index (χ3n) is 2.55. The first-order valence-corrected chi connectivity index (χ1v) is 6.39. The summed E-state index contributed by atoms with van der Waals surface area (Å²) in [5.41, 5.74) is 0.769. The first-order valence-electron chi connectivity index (χ1n) is 6.39. The van der Waals surface area contributed by atoms with Gasteiger partial charge in [0.05, 0.1) is 6.54 Å². The minimum atomic E-state index is -0.308. The van der Waals surface area contributed by atoms with Crippen LogP contribution in [0, 0.1) is 5.82 Å². The lowest BCUT2D eigenvalue weighted by molar-refractivity contribution is -0.126. The van der Waals surface area contributed by atoms with Crippen LogP contribution in [-0.2, 0) is 16.0 Å². The summed E-state index contributed by atoms with van der Waals surface area (Å²) in [6.07, 6.45) is 1.56. The molecule has 5 heteroatoms. The van der Waals surface area contributed by atoms with Gasteiger partial charge in [-0.2, -0.15) is 0 Å². The number of benzene rings is 1.